The van der Waals surface area contributed by atoms with Crippen LogP contribution in [-0.4, -0.2) is 63.8 Å². The van der Waals surface area contributed by atoms with E-state index in [1.165, 1.54) is 21.9 Å². The minimum Gasteiger partial charge on any atom is -0.464 e. The molecule has 230 valence electrons. The Labute approximate surface area is 260 Å². The van der Waals surface area contributed by atoms with Crippen molar-refractivity contribution in [3.63, 3.8) is 0 Å². The highest BCUT2D eigenvalue weighted by atomic mass is 32.1. The lowest BCUT2D eigenvalue weighted by molar-refractivity contribution is -0.156. The second kappa shape index (κ2) is 11.1. The number of esters is 1. The van der Waals surface area contributed by atoms with E-state index in [0.29, 0.717) is 25.8 Å². The van der Waals surface area contributed by atoms with Crippen LogP contribution in [0.25, 0.3) is 33.4 Å². The second-order valence-electron chi connectivity index (χ2n) is 12.7. The van der Waals surface area contributed by atoms with Gasteiger partial charge in [0.25, 0.3) is 5.91 Å². The third kappa shape index (κ3) is 4.65. The quantitative estimate of drug-likeness (QED) is 0.315. The number of carbonyl (C=O) groups is 2. The summed E-state index contributed by atoms with van der Waals surface area (Å²) in [5, 5.41) is 5.42. The predicted octanol–water partition coefficient (Wildman–Crippen LogP) is 4.58. The number of hydrogen-bond donors (Lipinski definition) is 2. The summed E-state index contributed by atoms with van der Waals surface area (Å²) in [6.07, 6.45) is 3.02. The summed E-state index contributed by atoms with van der Waals surface area (Å²) in [5.74, 6) is -0.809. The van der Waals surface area contributed by atoms with Crippen LogP contribution >= 0.6 is 11.3 Å². The van der Waals surface area contributed by atoms with Crippen molar-refractivity contribution in [2.45, 2.75) is 70.7 Å². The molecule has 2 aliphatic heterocycles. The number of nitrogens with zero attached hydrogens (tertiary/aromatic N) is 4. The van der Waals surface area contributed by atoms with Crippen LogP contribution in [0.1, 0.15) is 61.9 Å². The maximum atomic E-state index is 13.5. The summed E-state index contributed by atoms with van der Waals surface area (Å²) in [6.45, 7) is 7.83. The number of hydrazine groups is 1. The maximum Gasteiger partial charge on any atom is 0.324 e. The molecule has 0 radical (unpaired) electrons. The number of methoxy groups -OCH3 is 1. The van der Waals surface area contributed by atoms with Crippen molar-refractivity contribution >= 4 is 34.1 Å². The van der Waals surface area contributed by atoms with Crippen LogP contribution in [0.4, 0.5) is 0 Å². The zero-order chi connectivity index (χ0) is 30.7. The van der Waals surface area contributed by atoms with Gasteiger partial charge < -0.3 is 19.8 Å². The number of pyridine rings is 1. The molecule has 1 fully saturated rings. The molecule has 0 spiro atoms. The number of nitrogens with two attached hydrogens (primary N) is 1. The Morgan fingerprint density at radius 3 is 2.89 bits per heavy atom. The standard InChI is InChI=1S/C33H38N6O4S/c1-5-38-24-11-10-18-14-20(24)26-27(30(42-4)28-19(29(26)38)8-6-12-35-28)33(2,3)17-43-32(41)22-9-7-13-39(37-22)31(40)21(34)15-25-36-23(18)16-44-25/h6,8,10-12,14,16,21-22,27,30,37H,5,7,9,13,15,17,34H2,1-4H3/t21-,22-,27?,30-/m0/s1. The van der Waals surface area contributed by atoms with Crippen LogP contribution < -0.4 is 11.2 Å². The molecule has 1 aliphatic carbocycles. The Kier molecular flexibility index (Phi) is 7.31. The molecule has 44 heavy (non-hydrogen) atoms. The van der Waals surface area contributed by atoms with Gasteiger partial charge in [-0.3, -0.25) is 19.6 Å². The lowest BCUT2D eigenvalue weighted by Gasteiger charge is -2.42. The van der Waals surface area contributed by atoms with Gasteiger partial charge >= 0.3 is 5.97 Å². The van der Waals surface area contributed by atoms with Gasteiger partial charge in [-0.25, -0.2) is 10.4 Å². The van der Waals surface area contributed by atoms with Gasteiger partial charge in [0.1, 0.15) is 12.1 Å². The lowest BCUT2D eigenvalue weighted by atomic mass is 9.67. The number of thiazole rings is 1. The minimum absolute atomic E-state index is 0.164. The van der Waals surface area contributed by atoms with Crippen molar-refractivity contribution in [1.29, 1.82) is 0 Å². The highest BCUT2D eigenvalue weighted by Crippen LogP contribution is 2.57. The van der Waals surface area contributed by atoms with Gasteiger partial charge in [-0.1, -0.05) is 19.9 Å². The number of aryl methyl sites for hydroxylation is 1. The zero-order valence-corrected chi connectivity index (χ0v) is 26.3. The first-order valence-electron chi connectivity index (χ1n) is 15.3. The number of cyclic esters (lactones) is 1. The van der Waals surface area contributed by atoms with E-state index in [-0.39, 0.29) is 30.5 Å². The smallest absolute Gasteiger partial charge is 0.324 e. The Morgan fingerprint density at radius 1 is 1.25 bits per heavy atom. The molecule has 3 N–H and O–H groups in total. The molecule has 0 saturated carbocycles. The molecule has 11 heteroatoms. The van der Waals surface area contributed by atoms with E-state index in [0.717, 1.165) is 50.7 Å². The van der Waals surface area contributed by atoms with Crippen molar-refractivity contribution in [3.8, 4) is 22.5 Å². The number of rotatable bonds is 2. The molecule has 7 rings (SSSR count). The van der Waals surface area contributed by atoms with Crippen LogP contribution in [0.15, 0.2) is 41.9 Å². The highest BCUT2D eigenvalue weighted by Gasteiger charge is 2.47. The fraction of sp³-hybridized carbons (Fsp3) is 0.455. The van der Waals surface area contributed by atoms with Gasteiger partial charge in [-0.15, -0.1) is 11.3 Å². The van der Waals surface area contributed by atoms with E-state index in [1.54, 1.807) is 7.11 Å². The summed E-state index contributed by atoms with van der Waals surface area (Å²) in [5.41, 5.74) is 16.1. The molecule has 4 atom stereocenters. The van der Waals surface area contributed by atoms with Crippen LogP contribution in [0.5, 0.6) is 0 Å². The number of ether oxygens (including phenoxy) is 2. The van der Waals surface area contributed by atoms with Gasteiger partial charge in [-0.05, 0) is 49.6 Å². The number of benzene rings is 1. The molecule has 1 amide bonds. The molecule has 1 saturated heterocycles. The number of nitrogens with one attached hydrogen (secondary N) is 1. The third-order valence-corrected chi connectivity index (χ3v) is 10.2. The van der Waals surface area contributed by atoms with Crippen LogP contribution in [0.3, 0.4) is 0 Å². The lowest BCUT2D eigenvalue weighted by Crippen LogP contribution is -2.59. The first kappa shape index (κ1) is 29.1. The molecular weight excluding hydrogens is 576 g/mol. The fourth-order valence-electron chi connectivity index (χ4n) is 7.25. The minimum atomic E-state index is -0.775. The first-order chi connectivity index (χ1) is 21.2. The fourth-order valence-corrected chi connectivity index (χ4v) is 8.11. The molecule has 3 aliphatic rings. The van der Waals surface area contributed by atoms with Gasteiger partial charge in [-0.2, -0.15) is 0 Å². The van der Waals surface area contributed by atoms with Gasteiger partial charge in [0, 0.05) is 71.6 Å². The van der Waals surface area contributed by atoms with Crippen LogP contribution in [0, 0.1) is 5.41 Å². The largest absolute Gasteiger partial charge is 0.464 e. The van der Waals surface area contributed by atoms with Crippen molar-refractivity contribution in [3.05, 3.63) is 58.2 Å². The molecule has 3 aromatic heterocycles. The zero-order valence-electron chi connectivity index (χ0n) is 25.5. The van der Waals surface area contributed by atoms with Gasteiger partial charge in [0.15, 0.2) is 0 Å². The normalized spacial score (nSPS) is 25.0. The SMILES string of the molecule is CCn1c2c3c4cc(ccc41)-c1csc(n1)C[C@H](N)C(=O)N1CCC[C@H](N1)C(=O)OCC(C)(C)C3[C@H](OC)c1ncccc1-2. The number of fused-ring (bicyclic) bond motifs is 8. The molecule has 4 aromatic rings. The Hall–Kier alpha value is -3.64. The third-order valence-electron chi connectivity index (χ3n) is 9.37. The molecule has 1 unspecified atom stereocenters. The number of carbonyl (C=O) groups excluding carboxylic acids is 2. The number of amides is 1. The molecule has 1 aromatic carbocycles. The summed E-state index contributed by atoms with van der Waals surface area (Å²) in [4.78, 5) is 36.5. The van der Waals surface area contributed by atoms with Crippen LogP contribution in [-0.2, 0) is 32.0 Å². The van der Waals surface area contributed by atoms with E-state index >= 15 is 0 Å². The predicted molar refractivity (Wildman–Crippen MR) is 169 cm³/mol. The van der Waals surface area contributed by atoms with E-state index in [4.69, 9.17) is 25.2 Å². The highest BCUT2D eigenvalue weighted by molar-refractivity contribution is 7.10. The van der Waals surface area contributed by atoms with Gasteiger partial charge in [0.2, 0.25) is 0 Å². The van der Waals surface area contributed by atoms with E-state index in [2.05, 4.69) is 55.0 Å². The van der Waals surface area contributed by atoms with Crippen molar-refractivity contribution in [1.82, 2.24) is 25.0 Å². The summed E-state index contributed by atoms with van der Waals surface area (Å²) in [6, 6.07) is 9.19. The Balaban J connectivity index is 1.44. The molecule has 5 heterocycles. The number of aromatic nitrogens is 3. The van der Waals surface area contributed by atoms with Crippen molar-refractivity contribution < 1.29 is 19.1 Å². The summed E-state index contributed by atoms with van der Waals surface area (Å²) in [7, 11) is 1.73. The molecular formula is C33H38N6O4S. The molecule has 10 nitrogen and oxygen atoms in total. The Bertz CT molecular complexity index is 1760. The van der Waals surface area contributed by atoms with E-state index in [1.807, 2.05) is 17.6 Å². The van der Waals surface area contributed by atoms with Gasteiger partial charge in [0.05, 0.1) is 34.7 Å². The Morgan fingerprint density at radius 2 is 2.09 bits per heavy atom. The maximum absolute atomic E-state index is 13.5. The average Bonchev–Trinajstić information content (AvgIpc) is 3.64. The molecule has 6 bridgehead atoms. The van der Waals surface area contributed by atoms with Crippen molar-refractivity contribution in [2.24, 2.45) is 11.1 Å². The van der Waals surface area contributed by atoms with Crippen molar-refractivity contribution in [2.75, 3.05) is 20.3 Å². The topological polar surface area (TPSA) is 125 Å². The summed E-state index contributed by atoms with van der Waals surface area (Å²) < 4.78 is 14.7. The summed E-state index contributed by atoms with van der Waals surface area (Å²) >= 11 is 1.51. The second-order valence-corrected chi connectivity index (χ2v) is 13.6. The number of hydrogen-bond acceptors (Lipinski definition) is 9. The van der Waals surface area contributed by atoms with E-state index < -0.39 is 17.5 Å². The van der Waals surface area contributed by atoms with Crippen LogP contribution in [0.2, 0.25) is 0 Å². The van der Waals surface area contributed by atoms with E-state index in [9.17, 15) is 9.59 Å². The average molecular weight is 615 g/mol. The monoisotopic (exact) mass is 614 g/mol. The first-order valence-corrected chi connectivity index (χ1v) is 16.2.